The molecular formula is C25H17ClF2N2O5. The first-order valence-electron chi connectivity index (χ1n) is 10.2. The average Bonchev–Trinajstić information content (AvgIpc) is 2.83. The average molecular weight is 499 g/mol. The number of barbiturate groups is 1. The highest BCUT2D eigenvalue weighted by Crippen LogP contribution is 2.38. The van der Waals surface area contributed by atoms with Gasteiger partial charge in [0.25, 0.3) is 11.8 Å². The second kappa shape index (κ2) is 9.94. The molecule has 178 valence electrons. The number of hydrogen-bond donors (Lipinski definition) is 1. The van der Waals surface area contributed by atoms with Gasteiger partial charge in [0.05, 0.1) is 17.8 Å². The van der Waals surface area contributed by atoms with Crippen LogP contribution in [-0.2, 0) is 16.2 Å². The van der Waals surface area contributed by atoms with Gasteiger partial charge < -0.3 is 9.47 Å². The molecule has 3 aromatic rings. The highest BCUT2D eigenvalue weighted by molar-refractivity contribution is 6.39. The predicted molar refractivity (Wildman–Crippen MR) is 124 cm³/mol. The molecular weight excluding hydrogens is 482 g/mol. The van der Waals surface area contributed by atoms with Crippen molar-refractivity contribution in [1.82, 2.24) is 5.32 Å². The lowest BCUT2D eigenvalue weighted by atomic mass is 10.1. The van der Waals surface area contributed by atoms with Crippen LogP contribution in [0.1, 0.15) is 11.1 Å². The molecule has 0 unspecified atom stereocenters. The molecule has 0 aromatic heterocycles. The first-order chi connectivity index (χ1) is 16.8. The lowest BCUT2D eigenvalue weighted by Gasteiger charge is -2.26. The van der Waals surface area contributed by atoms with Crippen LogP contribution in [0.25, 0.3) is 6.08 Å². The third-order valence-electron chi connectivity index (χ3n) is 5.08. The fourth-order valence-electron chi connectivity index (χ4n) is 3.38. The summed E-state index contributed by atoms with van der Waals surface area (Å²) in [7, 11) is 1.37. The Morgan fingerprint density at radius 1 is 1.03 bits per heavy atom. The Balaban J connectivity index is 1.64. The molecule has 7 nitrogen and oxygen atoms in total. The number of carbonyl (C=O) groups is 3. The summed E-state index contributed by atoms with van der Waals surface area (Å²) in [5.74, 6) is -2.48. The number of methoxy groups -OCH3 is 1. The topological polar surface area (TPSA) is 84.9 Å². The highest BCUT2D eigenvalue weighted by Gasteiger charge is 2.36. The molecule has 10 heteroatoms. The maximum Gasteiger partial charge on any atom is 0.335 e. The minimum absolute atomic E-state index is 0.0832. The van der Waals surface area contributed by atoms with E-state index in [1.54, 1.807) is 18.2 Å². The van der Waals surface area contributed by atoms with Gasteiger partial charge in [-0.05, 0) is 54.1 Å². The molecule has 1 saturated heterocycles. The summed E-state index contributed by atoms with van der Waals surface area (Å²) in [6.07, 6.45) is 1.23. The number of imide groups is 2. The number of nitrogens with one attached hydrogen (secondary N) is 1. The van der Waals surface area contributed by atoms with Crippen molar-refractivity contribution in [3.8, 4) is 11.5 Å². The summed E-state index contributed by atoms with van der Waals surface area (Å²) < 4.78 is 38.2. The van der Waals surface area contributed by atoms with Crippen molar-refractivity contribution in [3.05, 3.63) is 94.0 Å². The summed E-state index contributed by atoms with van der Waals surface area (Å²) in [5.41, 5.74) is 0.343. The van der Waals surface area contributed by atoms with Gasteiger partial charge in [0.15, 0.2) is 11.5 Å². The molecule has 0 radical (unpaired) electrons. The van der Waals surface area contributed by atoms with Crippen molar-refractivity contribution >= 4 is 41.2 Å². The lowest BCUT2D eigenvalue weighted by Crippen LogP contribution is -2.54. The molecule has 0 spiro atoms. The Labute approximate surface area is 203 Å². The Bertz CT molecular complexity index is 1360. The lowest BCUT2D eigenvalue weighted by molar-refractivity contribution is -0.122. The second-order valence-corrected chi connectivity index (χ2v) is 7.76. The third-order valence-corrected chi connectivity index (χ3v) is 5.36. The molecule has 0 atom stereocenters. The normalized spacial score (nSPS) is 14.8. The molecule has 4 rings (SSSR count). The Morgan fingerprint density at radius 2 is 1.74 bits per heavy atom. The van der Waals surface area contributed by atoms with Gasteiger partial charge in [0.1, 0.15) is 23.8 Å². The molecule has 1 aliphatic heterocycles. The van der Waals surface area contributed by atoms with Crippen LogP contribution in [0.15, 0.2) is 66.2 Å². The molecule has 0 aliphatic carbocycles. The molecule has 1 aliphatic rings. The Kier molecular flexibility index (Phi) is 6.79. The smallest absolute Gasteiger partial charge is 0.335 e. The van der Waals surface area contributed by atoms with Gasteiger partial charge in [0.2, 0.25) is 0 Å². The van der Waals surface area contributed by atoms with Crippen LogP contribution in [0.3, 0.4) is 0 Å². The van der Waals surface area contributed by atoms with E-state index in [9.17, 15) is 23.2 Å². The Hall–Kier alpha value is -4.24. The van der Waals surface area contributed by atoms with Crippen molar-refractivity contribution in [3.63, 3.8) is 0 Å². The molecule has 1 heterocycles. The number of urea groups is 1. The number of anilines is 1. The van der Waals surface area contributed by atoms with E-state index in [1.165, 1.54) is 43.5 Å². The third kappa shape index (κ3) is 4.99. The summed E-state index contributed by atoms with van der Waals surface area (Å²) >= 11 is 6.36. The number of ether oxygens (including phenoxy) is 2. The van der Waals surface area contributed by atoms with Crippen LogP contribution in [0, 0.1) is 11.6 Å². The number of halogens is 3. The summed E-state index contributed by atoms with van der Waals surface area (Å²) in [4.78, 5) is 38.4. The maximum absolute atomic E-state index is 13.9. The van der Waals surface area contributed by atoms with E-state index >= 15 is 0 Å². The SMILES string of the molecule is COc1cc(/C=C2\C(=O)NC(=O)N(c3ccc(F)cc3)C2=O)cc(Cl)c1OCc1ccccc1F. The van der Waals surface area contributed by atoms with Crippen molar-refractivity contribution < 1.29 is 32.6 Å². The van der Waals surface area contributed by atoms with E-state index in [4.69, 9.17) is 21.1 Å². The van der Waals surface area contributed by atoms with Gasteiger partial charge in [-0.1, -0.05) is 29.8 Å². The Morgan fingerprint density at radius 3 is 2.43 bits per heavy atom. The zero-order valence-corrected chi connectivity index (χ0v) is 18.9. The van der Waals surface area contributed by atoms with E-state index in [2.05, 4.69) is 5.32 Å². The fourth-order valence-corrected chi connectivity index (χ4v) is 3.65. The van der Waals surface area contributed by atoms with E-state index in [1.807, 2.05) is 0 Å². The highest BCUT2D eigenvalue weighted by atomic mass is 35.5. The summed E-state index contributed by atoms with van der Waals surface area (Å²) in [6, 6.07) is 12.7. The van der Waals surface area contributed by atoms with Crippen molar-refractivity contribution in [2.75, 3.05) is 12.0 Å². The molecule has 1 N–H and O–H groups in total. The van der Waals surface area contributed by atoms with Crippen LogP contribution in [0.2, 0.25) is 5.02 Å². The number of nitrogens with zero attached hydrogens (tertiary/aromatic N) is 1. The zero-order valence-electron chi connectivity index (χ0n) is 18.2. The van der Waals surface area contributed by atoms with E-state index in [0.717, 1.165) is 17.0 Å². The number of amides is 4. The van der Waals surface area contributed by atoms with Crippen molar-refractivity contribution in [2.24, 2.45) is 0 Å². The van der Waals surface area contributed by atoms with Gasteiger partial charge in [-0.25, -0.2) is 18.5 Å². The van der Waals surface area contributed by atoms with Crippen LogP contribution in [-0.4, -0.2) is 25.0 Å². The first-order valence-corrected chi connectivity index (χ1v) is 10.6. The van der Waals surface area contributed by atoms with Crippen LogP contribution >= 0.6 is 11.6 Å². The molecule has 4 amide bonds. The second-order valence-electron chi connectivity index (χ2n) is 7.35. The quantitative estimate of drug-likeness (QED) is 0.387. The van der Waals surface area contributed by atoms with Gasteiger partial charge in [-0.3, -0.25) is 14.9 Å². The van der Waals surface area contributed by atoms with Gasteiger partial charge in [-0.15, -0.1) is 0 Å². The summed E-state index contributed by atoms with van der Waals surface area (Å²) in [6.45, 7) is -0.112. The zero-order chi connectivity index (χ0) is 25.1. The van der Waals surface area contributed by atoms with Crippen molar-refractivity contribution in [1.29, 1.82) is 0 Å². The number of hydrogen-bond acceptors (Lipinski definition) is 5. The van der Waals surface area contributed by atoms with Gasteiger partial charge in [-0.2, -0.15) is 0 Å². The predicted octanol–water partition coefficient (Wildman–Crippen LogP) is 4.87. The largest absolute Gasteiger partial charge is 0.493 e. The fraction of sp³-hybridized carbons (Fsp3) is 0.0800. The molecule has 0 bridgehead atoms. The minimum atomic E-state index is -0.962. The minimum Gasteiger partial charge on any atom is -0.493 e. The van der Waals surface area contributed by atoms with Gasteiger partial charge >= 0.3 is 6.03 Å². The first kappa shape index (κ1) is 23.9. The number of rotatable bonds is 6. The standard InChI is InChI=1S/C25H17ClF2N2O5/c1-34-21-12-14(11-19(26)22(21)35-13-15-4-2-3-5-20(15)28)10-18-23(31)29-25(33)30(24(18)32)17-8-6-16(27)7-9-17/h2-12H,13H2,1H3,(H,29,31,33)/b18-10+. The van der Waals surface area contributed by atoms with E-state index < -0.39 is 29.5 Å². The number of carbonyl (C=O) groups excluding carboxylic acids is 3. The monoisotopic (exact) mass is 498 g/mol. The molecule has 0 saturated carbocycles. The van der Waals surface area contributed by atoms with Crippen LogP contribution in [0.5, 0.6) is 11.5 Å². The van der Waals surface area contributed by atoms with E-state index in [0.29, 0.717) is 11.1 Å². The van der Waals surface area contributed by atoms with Crippen LogP contribution in [0.4, 0.5) is 19.3 Å². The van der Waals surface area contributed by atoms with Gasteiger partial charge in [0, 0.05) is 5.56 Å². The molecule has 3 aromatic carbocycles. The molecule has 35 heavy (non-hydrogen) atoms. The van der Waals surface area contributed by atoms with Crippen LogP contribution < -0.4 is 19.7 Å². The number of benzene rings is 3. The van der Waals surface area contributed by atoms with E-state index in [-0.39, 0.29) is 34.4 Å². The van der Waals surface area contributed by atoms with Crippen molar-refractivity contribution in [2.45, 2.75) is 6.61 Å². The maximum atomic E-state index is 13.9. The summed E-state index contributed by atoms with van der Waals surface area (Å²) in [5, 5.41) is 2.17. The molecule has 1 fully saturated rings.